The number of ether oxygens (including phenoxy) is 1. The number of nitrogens with two attached hydrogens (primary N) is 1. The zero-order valence-electron chi connectivity index (χ0n) is 20.7. The van der Waals surface area contributed by atoms with Crippen LogP contribution < -0.4 is 5.73 Å². The van der Waals surface area contributed by atoms with Crippen LogP contribution in [0.25, 0.3) is 22.0 Å². The molecule has 0 spiro atoms. The number of benzene rings is 1. The summed E-state index contributed by atoms with van der Waals surface area (Å²) in [5.41, 5.74) is 9.72. The summed E-state index contributed by atoms with van der Waals surface area (Å²) in [6.07, 6.45) is 2.97. The quantitative estimate of drug-likeness (QED) is 0.452. The van der Waals surface area contributed by atoms with Crippen molar-refractivity contribution in [3.8, 4) is 11.1 Å². The number of nitrogens with zero attached hydrogens (tertiary/aromatic N) is 2. The molecule has 0 saturated carbocycles. The first kappa shape index (κ1) is 26.2. The summed E-state index contributed by atoms with van der Waals surface area (Å²) in [7, 11) is -1.51. The average Bonchev–Trinajstić information content (AvgIpc) is 3.50. The molecule has 9 nitrogen and oxygen atoms in total. The van der Waals surface area contributed by atoms with Gasteiger partial charge < -0.3 is 20.4 Å². The predicted octanol–water partition coefficient (Wildman–Crippen LogP) is 4.11. The van der Waals surface area contributed by atoms with Crippen LogP contribution in [0.15, 0.2) is 29.8 Å². The normalized spacial score (nSPS) is 15.3. The van der Waals surface area contributed by atoms with E-state index in [0.717, 1.165) is 27.0 Å². The van der Waals surface area contributed by atoms with E-state index in [0.29, 0.717) is 50.2 Å². The zero-order chi connectivity index (χ0) is 26.0. The van der Waals surface area contributed by atoms with Gasteiger partial charge in [-0.2, -0.15) is 0 Å². The molecule has 0 unspecified atom stereocenters. The Kier molecular flexibility index (Phi) is 7.72. The molecule has 3 N–H and O–H groups in total. The monoisotopic (exact) mass is 532 g/mol. The Labute approximate surface area is 215 Å². The summed E-state index contributed by atoms with van der Waals surface area (Å²) in [6, 6.07) is 5.86. The van der Waals surface area contributed by atoms with Crippen LogP contribution in [0.4, 0.5) is 4.79 Å². The molecule has 11 heteroatoms. The number of hydrogen-bond donors (Lipinski definition) is 2. The van der Waals surface area contributed by atoms with Gasteiger partial charge >= 0.3 is 6.09 Å². The molecule has 1 aromatic carbocycles. The van der Waals surface area contributed by atoms with Crippen LogP contribution in [0.3, 0.4) is 0 Å². The molecule has 0 atom stereocenters. The second-order valence-electron chi connectivity index (χ2n) is 8.99. The highest BCUT2D eigenvalue weighted by molar-refractivity contribution is 7.89. The number of sulfonamides is 1. The lowest BCUT2D eigenvalue weighted by atomic mass is 9.88. The number of carbonyl (C=O) groups is 2. The van der Waals surface area contributed by atoms with Gasteiger partial charge in [-0.05, 0) is 72.9 Å². The van der Waals surface area contributed by atoms with Crippen molar-refractivity contribution in [1.29, 1.82) is 0 Å². The maximum atomic E-state index is 12.3. The van der Waals surface area contributed by atoms with Crippen molar-refractivity contribution in [2.24, 2.45) is 5.73 Å². The Balaban J connectivity index is 1.63. The molecular formula is C25H32N4O5S2. The van der Waals surface area contributed by atoms with Crippen molar-refractivity contribution >= 4 is 44.3 Å². The molecule has 2 amide bonds. The highest BCUT2D eigenvalue weighted by Crippen LogP contribution is 2.38. The number of aromatic nitrogens is 1. The molecular weight excluding hydrogens is 500 g/mol. The largest absolute Gasteiger partial charge is 0.450 e. The first-order chi connectivity index (χ1) is 17.1. The Morgan fingerprint density at radius 1 is 1.19 bits per heavy atom. The third-order valence-electron chi connectivity index (χ3n) is 6.70. The van der Waals surface area contributed by atoms with Crippen molar-refractivity contribution in [2.45, 2.75) is 39.2 Å². The van der Waals surface area contributed by atoms with E-state index in [2.05, 4.69) is 11.1 Å². The number of amides is 2. The zero-order valence-corrected chi connectivity index (χ0v) is 22.4. The maximum absolute atomic E-state index is 12.3. The SMILES string of the molecule is CCOC(=O)N(C)Cc1cc(-c2cc(C(N)=O)c3[nH]cc(C4CCN(S(=O)(=O)CC)CC4)c3c2)cs1. The van der Waals surface area contributed by atoms with Gasteiger partial charge in [0.2, 0.25) is 10.0 Å². The summed E-state index contributed by atoms with van der Waals surface area (Å²) in [5, 5.41) is 2.93. The summed E-state index contributed by atoms with van der Waals surface area (Å²) in [6.45, 7) is 5.14. The average molecular weight is 533 g/mol. The van der Waals surface area contributed by atoms with Crippen molar-refractivity contribution in [3.05, 3.63) is 45.8 Å². The van der Waals surface area contributed by atoms with E-state index in [1.54, 1.807) is 31.3 Å². The molecule has 194 valence electrons. The van der Waals surface area contributed by atoms with E-state index in [1.807, 2.05) is 17.6 Å². The molecule has 1 aliphatic heterocycles. The molecule has 1 aliphatic rings. The number of hydrogen-bond acceptors (Lipinski definition) is 6. The van der Waals surface area contributed by atoms with Crippen LogP contribution in [-0.4, -0.2) is 67.1 Å². The van der Waals surface area contributed by atoms with Crippen LogP contribution in [-0.2, 0) is 21.3 Å². The number of nitrogens with one attached hydrogen (secondary N) is 1. The second-order valence-corrected chi connectivity index (χ2v) is 12.2. The Morgan fingerprint density at radius 2 is 1.92 bits per heavy atom. The van der Waals surface area contributed by atoms with Crippen molar-refractivity contribution < 1.29 is 22.7 Å². The lowest BCUT2D eigenvalue weighted by Gasteiger charge is -2.31. The van der Waals surface area contributed by atoms with Crippen molar-refractivity contribution in [1.82, 2.24) is 14.2 Å². The Hall–Kier alpha value is -2.89. The lowest BCUT2D eigenvalue weighted by Crippen LogP contribution is -2.38. The van der Waals surface area contributed by atoms with Gasteiger partial charge in [0.05, 0.1) is 30.0 Å². The molecule has 2 aromatic heterocycles. The Morgan fingerprint density at radius 3 is 2.56 bits per heavy atom. The summed E-state index contributed by atoms with van der Waals surface area (Å²) < 4.78 is 31.1. The summed E-state index contributed by atoms with van der Waals surface area (Å²) in [5.74, 6) is -0.236. The van der Waals surface area contributed by atoms with Gasteiger partial charge in [-0.1, -0.05) is 0 Å². The fourth-order valence-corrected chi connectivity index (χ4v) is 6.80. The number of primary amides is 1. The van der Waals surface area contributed by atoms with Gasteiger partial charge in [0.1, 0.15) is 0 Å². The van der Waals surface area contributed by atoms with E-state index in [-0.39, 0.29) is 17.8 Å². The number of carbonyl (C=O) groups excluding carboxylic acids is 2. The van der Waals surface area contributed by atoms with Gasteiger partial charge in [0.25, 0.3) is 5.91 Å². The topological polar surface area (TPSA) is 126 Å². The first-order valence-corrected chi connectivity index (χ1v) is 14.5. The van der Waals surface area contributed by atoms with Crippen molar-refractivity contribution in [3.63, 3.8) is 0 Å². The third kappa shape index (κ3) is 5.28. The second kappa shape index (κ2) is 10.6. The highest BCUT2D eigenvalue weighted by atomic mass is 32.2. The molecule has 0 bridgehead atoms. The van der Waals surface area contributed by atoms with E-state index >= 15 is 0 Å². The van der Waals surface area contributed by atoms with Gasteiger partial charge in [-0.15, -0.1) is 11.3 Å². The minimum atomic E-state index is -3.20. The number of H-pyrrole nitrogens is 1. The van der Waals surface area contributed by atoms with E-state index < -0.39 is 15.9 Å². The fraction of sp³-hybridized carbons (Fsp3) is 0.440. The van der Waals surface area contributed by atoms with Crippen LogP contribution >= 0.6 is 11.3 Å². The number of aromatic amines is 1. The van der Waals surface area contributed by atoms with Gasteiger partial charge in [0.15, 0.2) is 0 Å². The Bertz CT molecular complexity index is 1370. The molecule has 3 aromatic rings. The van der Waals surface area contributed by atoms with Crippen LogP contribution in [0.1, 0.15) is 53.4 Å². The molecule has 0 radical (unpaired) electrons. The number of thiophene rings is 1. The maximum Gasteiger partial charge on any atom is 0.409 e. The van der Waals surface area contributed by atoms with Gasteiger partial charge in [-0.25, -0.2) is 17.5 Å². The molecule has 1 fully saturated rings. The van der Waals surface area contributed by atoms with Crippen LogP contribution in [0, 0.1) is 0 Å². The first-order valence-electron chi connectivity index (χ1n) is 12.0. The van der Waals surface area contributed by atoms with E-state index in [1.165, 1.54) is 16.2 Å². The fourth-order valence-electron chi connectivity index (χ4n) is 4.73. The van der Waals surface area contributed by atoms with Gasteiger partial charge in [0, 0.05) is 36.6 Å². The van der Waals surface area contributed by atoms with Crippen LogP contribution in [0.2, 0.25) is 0 Å². The molecule has 36 heavy (non-hydrogen) atoms. The summed E-state index contributed by atoms with van der Waals surface area (Å²) in [4.78, 5) is 30.0. The third-order valence-corrected chi connectivity index (χ3v) is 9.50. The van der Waals surface area contributed by atoms with E-state index in [4.69, 9.17) is 10.5 Å². The molecule has 4 rings (SSSR count). The summed E-state index contributed by atoms with van der Waals surface area (Å²) >= 11 is 1.53. The number of piperidine rings is 1. The molecule has 0 aliphatic carbocycles. The van der Waals surface area contributed by atoms with E-state index in [9.17, 15) is 18.0 Å². The number of fused-ring (bicyclic) bond motifs is 1. The lowest BCUT2D eigenvalue weighted by molar-refractivity contribution is 0.100. The predicted molar refractivity (Wildman–Crippen MR) is 142 cm³/mol. The van der Waals surface area contributed by atoms with Crippen LogP contribution in [0.5, 0.6) is 0 Å². The van der Waals surface area contributed by atoms with Gasteiger partial charge in [-0.3, -0.25) is 4.79 Å². The highest BCUT2D eigenvalue weighted by Gasteiger charge is 2.29. The number of rotatable bonds is 8. The molecule has 3 heterocycles. The minimum absolute atomic E-state index is 0.105. The minimum Gasteiger partial charge on any atom is -0.450 e. The smallest absolute Gasteiger partial charge is 0.409 e. The van der Waals surface area contributed by atoms with Crippen molar-refractivity contribution in [2.75, 3.05) is 32.5 Å². The molecule has 1 saturated heterocycles. The standard InChI is InChI=1S/C25H32N4O5S2/c1-4-34-25(31)28(3)14-19-10-18(15-35-19)17-11-20-22(13-27-23(20)21(12-17)24(26)30)16-6-8-29(9-7-16)36(32,33)5-2/h10-13,15-16,27H,4-9,14H2,1-3H3,(H2,26,30).